The predicted octanol–water partition coefficient (Wildman–Crippen LogP) is 3.99. The summed E-state index contributed by atoms with van der Waals surface area (Å²) >= 11 is 0. The van der Waals surface area contributed by atoms with E-state index in [4.69, 9.17) is 5.73 Å². The monoisotopic (exact) mass is 318 g/mol. The van der Waals surface area contributed by atoms with Crippen molar-refractivity contribution in [2.45, 2.75) is 18.9 Å². The second-order valence-electron chi connectivity index (χ2n) is 4.90. The Labute approximate surface area is 136 Å². The van der Waals surface area contributed by atoms with Crippen molar-refractivity contribution in [3.8, 4) is 0 Å². The standard InChI is InChI=1S/C17H18N2O2.ClH/c18-16(10-6-14-4-2-1-3-5-14)11-7-15-8-12-17(13-9-15)19(20)21;/h1-5,7-9,11-13,16H,6,10,18H2;1H/b11-7+;. The van der Waals surface area contributed by atoms with Crippen LogP contribution in [0.4, 0.5) is 5.69 Å². The lowest BCUT2D eigenvalue weighted by atomic mass is 10.0. The van der Waals surface area contributed by atoms with Crippen LogP contribution in [0.2, 0.25) is 0 Å². The number of non-ortho nitro benzene ring substituents is 1. The first-order valence-electron chi connectivity index (χ1n) is 6.87. The van der Waals surface area contributed by atoms with E-state index in [-0.39, 0.29) is 24.1 Å². The number of nitro benzene ring substituents is 1. The highest BCUT2D eigenvalue weighted by atomic mass is 35.5. The summed E-state index contributed by atoms with van der Waals surface area (Å²) in [5.74, 6) is 0. The molecule has 2 N–H and O–H groups in total. The van der Waals surface area contributed by atoms with Gasteiger partial charge >= 0.3 is 0 Å². The SMILES string of the molecule is Cl.NC(/C=C/c1ccc([N+](=O)[O-])cc1)CCc1ccccc1. The Bertz CT molecular complexity index is 612. The maximum absolute atomic E-state index is 10.6. The highest BCUT2D eigenvalue weighted by Gasteiger charge is 2.03. The van der Waals surface area contributed by atoms with Crippen LogP contribution in [0.15, 0.2) is 60.7 Å². The van der Waals surface area contributed by atoms with Crippen molar-refractivity contribution in [3.63, 3.8) is 0 Å². The van der Waals surface area contributed by atoms with Gasteiger partial charge in [0.25, 0.3) is 5.69 Å². The molecule has 0 aromatic heterocycles. The van der Waals surface area contributed by atoms with Crippen LogP contribution in [0.3, 0.4) is 0 Å². The zero-order valence-corrected chi connectivity index (χ0v) is 12.9. The van der Waals surface area contributed by atoms with E-state index in [1.165, 1.54) is 17.7 Å². The summed E-state index contributed by atoms with van der Waals surface area (Å²) in [5.41, 5.74) is 8.34. The van der Waals surface area contributed by atoms with E-state index < -0.39 is 4.92 Å². The number of nitrogens with two attached hydrogens (primary N) is 1. The number of hydrogen-bond acceptors (Lipinski definition) is 3. The molecule has 4 nitrogen and oxygen atoms in total. The number of hydrogen-bond donors (Lipinski definition) is 1. The van der Waals surface area contributed by atoms with Gasteiger partial charge in [-0.3, -0.25) is 10.1 Å². The highest BCUT2D eigenvalue weighted by Crippen LogP contribution is 2.13. The molecule has 0 spiro atoms. The fourth-order valence-electron chi connectivity index (χ4n) is 2.02. The zero-order valence-electron chi connectivity index (χ0n) is 12.1. The minimum Gasteiger partial charge on any atom is -0.324 e. The van der Waals surface area contributed by atoms with Crippen LogP contribution in [-0.4, -0.2) is 11.0 Å². The maximum Gasteiger partial charge on any atom is 0.269 e. The Hall–Kier alpha value is -2.17. The minimum absolute atomic E-state index is 0. The van der Waals surface area contributed by atoms with Gasteiger partial charge in [-0.05, 0) is 36.1 Å². The van der Waals surface area contributed by atoms with E-state index in [1.54, 1.807) is 12.1 Å². The van der Waals surface area contributed by atoms with Gasteiger partial charge in [-0.1, -0.05) is 42.5 Å². The Kier molecular flexibility index (Phi) is 7.29. The molecule has 2 aromatic rings. The molecule has 0 amide bonds. The van der Waals surface area contributed by atoms with Gasteiger partial charge in [0.05, 0.1) is 4.92 Å². The summed E-state index contributed by atoms with van der Waals surface area (Å²) in [6, 6.07) is 16.6. The third kappa shape index (κ3) is 5.68. The average Bonchev–Trinajstić information content (AvgIpc) is 2.52. The number of halogens is 1. The van der Waals surface area contributed by atoms with Gasteiger partial charge in [0.1, 0.15) is 0 Å². The van der Waals surface area contributed by atoms with Crippen LogP contribution >= 0.6 is 12.4 Å². The van der Waals surface area contributed by atoms with Gasteiger partial charge in [0.15, 0.2) is 0 Å². The Morgan fingerprint density at radius 3 is 2.32 bits per heavy atom. The topological polar surface area (TPSA) is 69.2 Å². The van der Waals surface area contributed by atoms with Gasteiger partial charge in [-0.25, -0.2) is 0 Å². The van der Waals surface area contributed by atoms with Crippen LogP contribution < -0.4 is 5.73 Å². The lowest BCUT2D eigenvalue weighted by Crippen LogP contribution is -2.17. The first-order chi connectivity index (χ1) is 10.1. The second kappa shape index (κ2) is 8.97. The molecule has 0 bridgehead atoms. The molecule has 0 fully saturated rings. The molecule has 0 radical (unpaired) electrons. The molecule has 0 saturated heterocycles. The smallest absolute Gasteiger partial charge is 0.269 e. The number of nitrogens with zero attached hydrogens (tertiary/aromatic N) is 1. The number of benzene rings is 2. The molecule has 1 unspecified atom stereocenters. The molecule has 0 saturated carbocycles. The first kappa shape index (κ1) is 17.9. The van der Waals surface area contributed by atoms with Crippen molar-refractivity contribution in [1.82, 2.24) is 0 Å². The third-order valence-electron chi connectivity index (χ3n) is 3.25. The van der Waals surface area contributed by atoms with E-state index >= 15 is 0 Å². The number of aryl methyl sites for hydroxylation is 1. The molecule has 0 aliphatic rings. The summed E-state index contributed by atoms with van der Waals surface area (Å²) in [7, 11) is 0. The molecular formula is C17H19ClN2O2. The third-order valence-corrected chi connectivity index (χ3v) is 3.25. The number of nitro groups is 1. The predicted molar refractivity (Wildman–Crippen MR) is 92.1 cm³/mol. The van der Waals surface area contributed by atoms with Gasteiger partial charge < -0.3 is 5.73 Å². The van der Waals surface area contributed by atoms with Crippen LogP contribution in [0.1, 0.15) is 17.5 Å². The summed E-state index contributed by atoms with van der Waals surface area (Å²) in [5, 5.41) is 10.6. The van der Waals surface area contributed by atoms with Crippen molar-refractivity contribution in [2.24, 2.45) is 5.73 Å². The van der Waals surface area contributed by atoms with E-state index in [0.717, 1.165) is 18.4 Å². The van der Waals surface area contributed by atoms with Crippen LogP contribution in [-0.2, 0) is 6.42 Å². The van der Waals surface area contributed by atoms with Gasteiger partial charge in [-0.15, -0.1) is 12.4 Å². The fraction of sp³-hybridized carbons (Fsp3) is 0.176. The molecule has 2 aromatic carbocycles. The van der Waals surface area contributed by atoms with Crippen LogP contribution in [0, 0.1) is 10.1 Å². The van der Waals surface area contributed by atoms with Crippen molar-refractivity contribution in [3.05, 3.63) is 81.9 Å². The number of rotatable bonds is 6. The fourth-order valence-corrected chi connectivity index (χ4v) is 2.02. The molecule has 22 heavy (non-hydrogen) atoms. The minimum atomic E-state index is -0.404. The molecular weight excluding hydrogens is 300 g/mol. The Morgan fingerprint density at radius 2 is 1.73 bits per heavy atom. The summed E-state index contributed by atoms with van der Waals surface area (Å²) in [6.07, 6.45) is 5.64. The lowest BCUT2D eigenvalue weighted by Gasteiger charge is -2.06. The maximum atomic E-state index is 10.6. The molecule has 5 heteroatoms. The van der Waals surface area contributed by atoms with Crippen molar-refractivity contribution in [2.75, 3.05) is 0 Å². The zero-order chi connectivity index (χ0) is 15.1. The second-order valence-corrected chi connectivity index (χ2v) is 4.90. The summed E-state index contributed by atoms with van der Waals surface area (Å²) in [4.78, 5) is 10.2. The molecule has 1 atom stereocenters. The van der Waals surface area contributed by atoms with Crippen LogP contribution in [0.25, 0.3) is 6.08 Å². The lowest BCUT2D eigenvalue weighted by molar-refractivity contribution is -0.384. The van der Waals surface area contributed by atoms with Crippen LogP contribution in [0.5, 0.6) is 0 Å². The van der Waals surface area contributed by atoms with E-state index in [0.29, 0.717) is 0 Å². The molecule has 0 aliphatic carbocycles. The molecule has 0 aliphatic heterocycles. The van der Waals surface area contributed by atoms with Gasteiger partial charge in [0, 0.05) is 18.2 Å². The Morgan fingerprint density at radius 1 is 1.09 bits per heavy atom. The molecule has 0 heterocycles. The van der Waals surface area contributed by atoms with E-state index in [1.807, 2.05) is 30.4 Å². The van der Waals surface area contributed by atoms with Crippen molar-refractivity contribution < 1.29 is 4.92 Å². The average molecular weight is 319 g/mol. The molecule has 2 rings (SSSR count). The largest absolute Gasteiger partial charge is 0.324 e. The highest BCUT2D eigenvalue weighted by molar-refractivity contribution is 5.85. The summed E-state index contributed by atoms with van der Waals surface area (Å²) < 4.78 is 0. The van der Waals surface area contributed by atoms with Crippen molar-refractivity contribution >= 4 is 24.2 Å². The Balaban J connectivity index is 0.00000242. The molecule has 116 valence electrons. The van der Waals surface area contributed by atoms with Gasteiger partial charge in [-0.2, -0.15) is 0 Å². The first-order valence-corrected chi connectivity index (χ1v) is 6.87. The normalized spacial score (nSPS) is 11.9. The quantitative estimate of drug-likeness (QED) is 0.646. The van der Waals surface area contributed by atoms with E-state index in [9.17, 15) is 10.1 Å². The van der Waals surface area contributed by atoms with E-state index in [2.05, 4.69) is 12.1 Å². The summed E-state index contributed by atoms with van der Waals surface area (Å²) in [6.45, 7) is 0. The van der Waals surface area contributed by atoms with Gasteiger partial charge in [0.2, 0.25) is 0 Å². The van der Waals surface area contributed by atoms with Crippen molar-refractivity contribution in [1.29, 1.82) is 0 Å².